The average Bonchev–Trinajstić information content (AvgIpc) is 2.38. The summed E-state index contributed by atoms with van der Waals surface area (Å²) in [6.45, 7) is 7.74. The maximum Gasteiger partial charge on any atom is 0.191 e. The predicted octanol–water partition coefficient (Wildman–Crippen LogP) is 1.46. The number of nitrogens with two attached hydrogens (primary N) is 1. The maximum absolute atomic E-state index is 5.89. The van der Waals surface area contributed by atoms with Crippen molar-refractivity contribution in [2.75, 3.05) is 46.1 Å². The number of hydrogen-bond acceptors (Lipinski definition) is 3. The molecule has 0 aromatic heterocycles. The molecule has 0 bridgehead atoms. The predicted molar refractivity (Wildman–Crippen MR) is 84.6 cm³/mol. The van der Waals surface area contributed by atoms with Crippen LogP contribution in [0.1, 0.15) is 26.2 Å². The van der Waals surface area contributed by atoms with E-state index in [4.69, 9.17) is 15.2 Å². The maximum atomic E-state index is 5.89. The molecule has 2 N–H and O–H groups in total. The first-order chi connectivity index (χ1) is 8.34. The molecule has 1 fully saturated rings. The van der Waals surface area contributed by atoms with Crippen LogP contribution in [0, 0.1) is 0 Å². The van der Waals surface area contributed by atoms with Gasteiger partial charge in [0.05, 0.1) is 13.2 Å². The molecule has 0 saturated carbocycles. The lowest BCUT2D eigenvalue weighted by atomic mass is 10.4. The van der Waals surface area contributed by atoms with E-state index < -0.39 is 0 Å². The van der Waals surface area contributed by atoms with E-state index in [9.17, 15) is 0 Å². The Morgan fingerprint density at radius 3 is 2.61 bits per heavy atom. The second kappa shape index (κ2) is 12.0. The average molecular weight is 371 g/mol. The molecule has 5 nitrogen and oxygen atoms in total. The van der Waals surface area contributed by atoms with Crippen molar-refractivity contribution in [2.24, 2.45) is 10.7 Å². The van der Waals surface area contributed by atoms with Gasteiger partial charge in [0.25, 0.3) is 0 Å². The Balaban J connectivity index is 0.00000289. The molecular weight excluding hydrogens is 345 g/mol. The van der Waals surface area contributed by atoms with Gasteiger partial charge in [-0.15, -0.1) is 24.0 Å². The Hall–Kier alpha value is -0.0800. The van der Waals surface area contributed by atoms with Crippen LogP contribution in [0.25, 0.3) is 0 Å². The van der Waals surface area contributed by atoms with Crippen LogP contribution >= 0.6 is 24.0 Å². The Morgan fingerprint density at radius 1 is 1.28 bits per heavy atom. The van der Waals surface area contributed by atoms with Gasteiger partial charge in [0, 0.05) is 32.8 Å². The SMILES string of the molecule is CCCCOCCCN=C(N)N1CCOCC1.I. The van der Waals surface area contributed by atoms with Gasteiger partial charge in [-0.2, -0.15) is 0 Å². The van der Waals surface area contributed by atoms with Crippen molar-refractivity contribution >= 4 is 29.9 Å². The van der Waals surface area contributed by atoms with E-state index in [2.05, 4.69) is 16.8 Å². The molecule has 0 unspecified atom stereocenters. The highest BCUT2D eigenvalue weighted by Crippen LogP contribution is 1.96. The Labute approximate surface area is 127 Å². The van der Waals surface area contributed by atoms with E-state index in [0.29, 0.717) is 5.96 Å². The molecule has 1 aliphatic rings. The fourth-order valence-corrected chi connectivity index (χ4v) is 1.60. The van der Waals surface area contributed by atoms with Crippen molar-refractivity contribution in [3.05, 3.63) is 0 Å². The zero-order valence-corrected chi connectivity index (χ0v) is 13.6. The monoisotopic (exact) mass is 371 g/mol. The lowest BCUT2D eigenvalue weighted by molar-refractivity contribution is 0.0673. The molecule has 1 rings (SSSR count). The second-order valence-electron chi connectivity index (χ2n) is 4.16. The third kappa shape index (κ3) is 8.10. The molecule has 6 heteroatoms. The molecule has 1 heterocycles. The highest BCUT2D eigenvalue weighted by molar-refractivity contribution is 14.0. The minimum atomic E-state index is 0. The number of morpholine rings is 1. The Kier molecular flexibility index (Phi) is 11.9. The normalized spacial score (nSPS) is 16.5. The molecule has 0 aromatic carbocycles. The zero-order chi connectivity index (χ0) is 12.3. The zero-order valence-electron chi connectivity index (χ0n) is 11.3. The van der Waals surface area contributed by atoms with Gasteiger partial charge >= 0.3 is 0 Å². The summed E-state index contributed by atoms with van der Waals surface area (Å²) >= 11 is 0. The van der Waals surface area contributed by atoms with E-state index in [1.54, 1.807) is 0 Å². The number of guanidine groups is 1. The Morgan fingerprint density at radius 2 is 1.94 bits per heavy atom. The first-order valence-electron chi connectivity index (χ1n) is 6.55. The molecule has 0 radical (unpaired) electrons. The molecule has 18 heavy (non-hydrogen) atoms. The molecular formula is C12H26IN3O2. The third-order valence-corrected chi connectivity index (χ3v) is 2.70. The van der Waals surface area contributed by atoms with Crippen LogP contribution in [0.5, 0.6) is 0 Å². The van der Waals surface area contributed by atoms with Crippen LogP contribution in [-0.4, -0.2) is 56.9 Å². The Bertz CT molecular complexity index is 221. The molecule has 1 saturated heterocycles. The van der Waals surface area contributed by atoms with E-state index in [1.807, 2.05) is 0 Å². The molecule has 0 aliphatic carbocycles. The van der Waals surface area contributed by atoms with Gasteiger partial charge in [-0.3, -0.25) is 4.99 Å². The number of ether oxygens (including phenoxy) is 2. The van der Waals surface area contributed by atoms with Crippen molar-refractivity contribution < 1.29 is 9.47 Å². The second-order valence-corrected chi connectivity index (χ2v) is 4.16. The number of nitrogens with zero attached hydrogens (tertiary/aromatic N) is 2. The van der Waals surface area contributed by atoms with Crippen molar-refractivity contribution in [3.63, 3.8) is 0 Å². The van der Waals surface area contributed by atoms with E-state index in [0.717, 1.165) is 58.9 Å². The van der Waals surface area contributed by atoms with Crippen LogP contribution < -0.4 is 5.73 Å². The van der Waals surface area contributed by atoms with Crippen molar-refractivity contribution in [1.29, 1.82) is 0 Å². The largest absolute Gasteiger partial charge is 0.381 e. The molecule has 0 atom stereocenters. The fraction of sp³-hybridized carbons (Fsp3) is 0.917. The number of unbranched alkanes of at least 4 members (excludes halogenated alkanes) is 1. The van der Waals surface area contributed by atoms with Gasteiger partial charge in [0.2, 0.25) is 0 Å². The van der Waals surface area contributed by atoms with E-state index >= 15 is 0 Å². The van der Waals surface area contributed by atoms with Crippen LogP contribution in [-0.2, 0) is 9.47 Å². The molecule has 0 amide bonds. The van der Waals surface area contributed by atoms with Gasteiger partial charge in [0.15, 0.2) is 5.96 Å². The first kappa shape index (κ1) is 17.9. The molecule has 0 spiro atoms. The van der Waals surface area contributed by atoms with Crippen molar-refractivity contribution in [2.45, 2.75) is 26.2 Å². The molecule has 108 valence electrons. The minimum absolute atomic E-state index is 0. The highest BCUT2D eigenvalue weighted by atomic mass is 127. The van der Waals surface area contributed by atoms with Crippen molar-refractivity contribution in [3.8, 4) is 0 Å². The number of aliphatic imine (C=N–C) groups is 1. The summed E-state index contributed by atoms with van der Waals surface area (Å²) in [4.78, 5) is 6.42. The summed E-state index contributed by atoms with van der Waals surface area (Å²) in [7, 11) is 0. The molecule has 0 aromatic rings. The van der Waals surface area contributed by atoms with Gasteiger partial charge < -0.3 is 20.1 Å². The van der Waals surface area contributed by atoms with Crippen LogP contribution in [0.3, 0.4) is 0 Å². The minimum Gasteiger partial charge on any atom is -0.381 e. The number of halogens is 1. The summed E-state index contributed by atoms with van der Waals surface area (Å²) in [5.41, 5.74) is 5.89. The van der Waals surface area contributed by atoms with Crippen LogP contribution in [0.15, 0.2) is 4.99 Å². The lowest BCUT2D eigenvalue weighted by Crippen LogP contribution is -2.44. The number of hydrogen-bond donors (Lipinski definition) is 1. The third-order valence-electron chi connectivity index (χ3n) is 2.70. The summed E-state index contributed by atoms with van der Waals surface area (Å²) < 4.78 is 10.7. The quantitative estimate of drug-likeness (QED) is 0.319. The van der Waals surface area contributed by atoms with Gasteiger partial charge in [-0.1, -0.05) is 13.3 Å². The van der Waals surface area contributed by atoms with Gasteiger partial charge in [-0.25, -0.2) is 0 Å². The van der Waals surface area contributed by atoms with Gasteiger partial charge in [-0.05, 0) is 12.8 Å². The summed E-state index contributed by atoms with van der Waals surface area (Å²) in [5.74, 6) is 0.641. The smallest absolute Gasteiger partial charge is 0.191 e. The topological polar surface area (TPSA) is 60.1 Å². The summed E-state index contributed by atoms with van der Waals surface area (Å²) in [6.07, 6.45) is 3.26. The number of rotatable bonds is 7. The highest BCUT2D eigenvalue weighted by Gasteiger charge is 2.11. The summed E-state index contributed by atoms with van der Waals surface area (Å²) in [5, 5.41) is 0. The van der Waals surface area contributed by atoms with Crippen molar-refractivity contribution in [1.82, 2.24) is 4.90 Å². The first-order valence-corrected chi connectivity index (χ1v) is 6.55. The standard InChI is InChI=1S/C12H25N3O2.HI/c1-2-3-8-16-9-4-5-14-12(13)15-6-10-17-11-7-15;/h2-11H2,1H3,(H2,13,14);1H. The van der Waals surface area contributed by atoms with E-state index in [-0.39, 0.29) is 24.0 Å². The molecule has 1 aliphatic heterocycles. The lowest BCUT2D eigenvalue weighted by Gasteiger charge is -2.27. The van der Waals surface area contributed by atoms with Crippen LogP contribution in [0.4, 0.5) is 0 Å². The van der Waals surface area contributed by atoms with Gasteiger partial charge in [0.1, 0.15) is 0 Å². The summed E-state index contributed by atoms with van der Waals surface area (Å²) in [6, 6.07) is 0. The van der Waals surface area contributed by atoms with E-state index in [1.165, 1.54) is 6.42 Å². The van der Waals surface area contributed by atoms with Crippen LogP contribution in [0.2, 0.25) is 0 Å². The fourth-order valence-electron chi connectivity index (χ4n) is 1.60.